The smallest absolute Gasteiger partial charge is 0.239 e. The highest BCUT2D eigenvalue weighted by molar-refractivity contribution is 8.00. The molecule has 2 rings (SSSR count). The second-order valence-corrected chi connectivity index (χ2v) is 3.93. The summed E-state index contributed by atoms with van der Waals surface area (Å²) < 4.78 is 5.08. The van der Waals surface area contributed by atoms with Gasteiger partial charge in [-0.2, -0.15) is 0 Å². The van der Waals surface area contributed by atoms with Crippen LogP contribution in [0.4, 0.5) is 0 Å². The van der Waals surface area contributed by atoms with E-state index in [0.29, 0.717) is 17.3 Å². The molecule has 4 nitrogen and oxygen atoms in total. The molecular formula is C9H9NO3S. The van der Waals surface area contributed by atoms with Gasteiger partial charge >= 0.3 is 0 Å². The highest BCUT2D eigenvalue weighted by atomic mass is 32.2. The molecule has 2 heterocycles. The normalized spacial score (nSPS) is 17.6. The van der Waals surface area contributed by atoms with Crippen LogP contribution in [0.15, 0.2) is 22.8 Å². The second-order valence-electron chi connectivity index (χ2n) is 2.95. The van der Waals surface area contributed by atoms with E-state index in [2.05, 4.69) is 0 Å². The van der Waals surface area contributed by atoms with Gasteiger partial charge in [0.25, 0.3) is 0 Å². The van der Waals surface area contributed by atoms with E-state index >= 15 is 0 Å². The molecule has 5 heteroatoms. The Balaban J connectivity index is 2.08. The van der Waals surface area contributed by atoms with Gasteiger partial charge in [-0.05, 0) is 12.1 Å². The van der Waals surface area contributed by atoms with Crippen LogP contribution in [0.5, 0.6) is 0 Å². The molecule has 0 atom stereocenters. The summed E-state index contributed by atoms with van der Waals surface area (Å²) in [5.41, 5.74) is 0. The molecule has 0 saturated carbocycles. The van der Waals surface area contributed by atoms with Gasteiger partial charge in [-0.15, -0.1) is 11.8 Å². The van der Waals surface area contributed by atoms with Crippen molar-refractivity contribution in [2.45, 2.75) is 6.54 Å². The first kappa shape index (κ1) is 9.33. The van der Waals surface area contributed by atoms with Gasteiger partial charge in [-0.3, -0.25) is 14.5 Å². The van der Waals surface area contributed by atoms with Crippen molar-refractivity contribution in [2.24, 2.45) is 0 Å². The Labute approximate surface area is 85.3 Å². The highest BCUT2D eigenvalue weighted by Crippen LogP contribution is 2.15. The molecule has 2 amide bonds. The van der Waals surface area contributed by atoms with Crippen LogP contribution in [0.25, 0.3) is 0 Å². The molecule has 1 aliphatic rings. The van der Waals surface area contributed by atoms with E-state index in [1.807, 2.05) is 0 Å². The molecule has 1 saturated heterocycles. The minimum absolute atomic E-state index is 0.136. The van der Waals surface area contributed by atoms with E-state index in [1.165, 1.54) is 22.9 Å². The molecular weight excluding hydrogens is 202 g/mol. The van der Waals surface area contributed by atoms with Crippen molar-refractivity contribution in [3.63, 3.8) is 0 Å². The lowest BCUT2D eigenvalue weighted by Crippen LogP contribution is -2.42. The van der Waals surface area contributed by atoms with Gasteiger partial charge in [-0.1, -0.05) is 0 Å². The van der Waals surface area contributed by atoms with Crippen molar-refractivity contribution in [3.05, 3.63) is 24.2 Å². The Hall–Kier alpha value is -1.23. The molecule has 0 bridgehead atoms. The van der Waals surface area contributed by atoms with Crippen molar-refractivity contribution in [2.75, 3.05) is 11.5 Å². The number of rotatable bonds is 2. The zero-order chi connectivity index (χ0) is 9.97. The van der Waals surface area contributed by atoms with Gasteiger partial charge in [-0.25, -0.2) is 0 Å². The first-order chi connectivity index (χ1) is 6.77. The fourth-order valence-electron chi connectivity index (χ4n) is 1.26. The van der Waals surface area contributed by atoms with E-state index in [9.17, 15) is 9.59 Å². The molecule has 1 aromatic rings. The number of carbonyl (C=O) groups is 2. The number of imide groups is 1. The zero-order valence-corrected chi connectivity index (χ0v) is 8.25. The van der Waals surface area contributed by atoms with Crippen LogP contribution < -0.4 is 0 Å². The van der Waals surface area contributed by atoms with Crippen LogP contribution in [0.3, 0.4) is 0 Å². The van der Waals surface area contributed by atoms with Gasteiger partial charge in [0.05, 0.1) is 24.3 Å². The van der Waals surface area contributed by atoms with E-state index in [-0.39, 0.29) is 18.4 Å². The van der Waals surface area contributed by atoms with Gasteiger partial charge < -0.3 is 4.42 Å². The van der Waals surface area contributed by atoms with Crippen LogP contribution in [0, 0.1) is 0 Å². The Kier molecular flexibility index (Phi) is 2.58. The van der Waals surface area contributed by atoms with Crippen molar-refractivity contribution >= 4 is 23.6 Å². The van der Waals surface area contributed by atoms with Crippen LogP contribution in [0.2, 0.25) is 0 Å². The van der Waals surface area contributed by atoms with Crippen LogP contribution in [0.1, 0.15) is 5.76 Å². The Morgan fingerprint density at radius 3 is 2.64 bits per heavy atom. The number of amides is 2. The average molecular weight is 211 g/mol. The summed E-state index contributed by atoms with van der Waals surface area (Å²) in [4.78, 5) is 24.0. The Morgan fingerprint density at radius 2 is 2.07 bits per heavy atom. The number of furan rings is 1. The average Bonchev–Trinajstić information content (AvgIpc) is 2.64. The molecule has 14 heavy (non-hydrogen) atoms. The summed E-state index contributed by atoms with van der Waals surface area (Å²) in [7, 11) is 0. The molecule has 0 radical (unpaired) electrons. The van der Waals surface area contributed by atoms with E-state index in [0.717, 1.165) is 0 Å². The lowest BCUT2D eigenvalue weighted by atomic mass is 10.4. The third-order valence-electron chi connectivity index (χ3n) is 1.95. The van der Waals surface area contributed by atoms with E-state index in [1.54, 1.807) is 12.1 Å². The summed E-state index contributed by atoms with van der Waals surface area (Å²) in [5.74, 6) is 1.13. The topological polar surface area (TPSA) is 50.5 Å². The third kappa shape index (κ3) is 1.82. The van der Waals surface area contributed by atoms with Gasteiger partial charge in [0, 0.05) is 0 Å². The van der Waals surface area contributed by atoms with Crippen LogP contribution in [-0.4, -0.2) is 28.2 Å². The minimum atomic E-state index is -0.136. The van der Waals surface area contributed by atoms with Gasteiger partial charge in [0.1, 0.15) is 5.76 Å². The standard InChI is InChI=1S/C9H9NO3S/c11-8-5-14-6-9(12)10(8)4-7-2-1-3-13-7/h1-3H,4-6H2. The Morgan fingerprint density at radius 1 is 1.36 bits per heavy atom. The molecule has 1 aromatic heterocycles. The molecule has 0 aliphatic carbocycles. The van der Waals surface area contributed by atoms with Crippen LogP contribution in [-0.2, 0) is 16.1 Å². The summed E-state index contributed by atoms with van der Waals surface area (Å²) in [6.45, 7) is 0.255. The number of hydrogen-bond donors (Lipinski definition) is 0. The maximum absolute atomic E-state index is 11.4. The van der Waals surface area contributed by atoms with Crippen molar-refractivity contribution in [1.29, 1.82) is 0 Å². The highest BCUT2D eigenvalue weighted by Gasteiger charge is 2.26. The predicted octanol–water partition coefficient (Wildman–Crippen LogP) is 0.882. The van der Waals surface area contributed by atoms with Gasteiger partial charge in [0.15, 0.2) is 0 Å². The SMILES string of the molecule is O=C1CSCC(=O)N1Cc1ccco1. The first-order valence-electron chi connectivity index (χ1n) is 4.20. The summed E-state index contributed by atoms with van der Waals surface area (Å²) >= 11 is 1.36. The number of carbonyl (C=O) groups excluding carboxylic acids is 2. The number of hydrogen-bond acceptors (Lipinski definition) is 4. The lowest BCUT2D eigenvalue weighted by Gasteiger charge is -2.23. The quantitative estimate of drug-likeness (QED) is 0.681. The predicted molar refractivity (Wildman–Crippen MR) is 51.6 cm³/mol. The fraction of sp³-hybridized carbons (Fsp3) is 0.333. The fourth-order valence-corrected chi connectivity index (χ4v) is 2.02. The molecule has 0 unspecified atom stereocenters. The summed E-state index contributed by atoms with van der Waals surface area (Å²) in [6.07, 6.45) is 1.53. The first-order valence-corrected chi connectivity index (χ1v) is 5.36. The lowest BCUT2D eigenvalue weighted by molar-refractivity contribution is -0.143. The Bertz CT molecular complexity index is 331. The zero-order valence-electron chi connectivity index (χ0n) is 7.43. The molecule has 0 N–H and O–H groups in total. The largest absolute Gasteiger partial charge is 0.467 e. The molecule has 1 aliphatic heterocycles. The van der Waals surface area contributed by atoms with Crippen molar-refractivity contribution < 1.29 is 14.0 Å². The van der Waals surface area contributed by atoms with Gasteiger partial charge in [0.2, 0.25) is 11.8 Å². The maximum Gasteiger partial charge on any atom is 0.239 e. The number of nitrogens with zero attached hydrogens (tertiary/aromatic N) is 1. The summed E-state index contributed by atoms with van der Waals surface area (Å²) in [6, 6.07) is 3.49. The monoisotopic (exact) mass is 211 g/mol. The number of thioether (sulfide) groups is 1. The van der Waals surface area contributed by atoms with Crippen molar-refractivity contribution in [3.8, 4) is 0 Å². The second kappa shape index (κ2) is 3.88. The van der Waals surface area contributed by atoms with E-state index < -0.39 is 0 Å². The third-order valence-corrected chi connectivity index (χ3v) is 2.85. The minimum Gasteiger partial charge on any atom is -0.467 e. The summed E-state index contributed by atoms with van der Waals surface area (Å²) in [5, 5.41) is 0. The molecule has 1 fully saturated rings. The van der Waals surface area contributed by atoms with Crippen LogP contribution >= 0.6 is 11.8 Å². The van der Waals surface area contributed by atoms with E-state index in [4.69, 9.17) is 4.42 Å². The molecule has 74 valence electrons. The maximum atomic E-state index is 11.4. The molecule has 0 spiro atoms. The van der Waals surface area contributed by atoms with Crippen molar-refractivity contribution in [1.82, 2.24) is 4.90 Å². The molecule has 0 aromatic carbocycles.